The summed E-state index contributed by atoms with van der Waals surface area (Å²) in [5.41, 5.74) is 12.8. The van der Waals surface area contributed by atoms with Crippen LogP contribution in [0.3, 0.4) is 0 Å². The van der Waals surface area contributed by atoms with Gasteiger partial charge in [-0.15, -0.1) is 0 Å². The highest BCUT2D eigenvalue weighted by atomic mass is 19.1. The van der Waals surface area contributed by atoms with Gasteiger partial charge >= 0.3 is 0 Å². The summed E-state index contributed by atoms with van der Waals surface area (Å²) in [6.07, 6.45) is 9.16. The van der Waals surface area contributed by atoms with E-state index in [1.54, 1.807) is 24.7 Å². The highest BCUT2D eigenvalue weighted by molar-refractivity contribution is 5.86. The first-order valence-electron chi connectivity index (χ1n) is 15.0. The number of aromatic nitrogens is 7. The average molecular weight is 610 g/mol. The molecule has 0 radical (unpaired) electrons. The Hall–Kier alpha value is -5.80. The zero-order valence-corrected chi connectivity index (χ0v) is 24.8. The van der Waals surface area contributed by atoms with E-state index in [0.717, 1.165) is 61.8 Å². The molecule has 12 heteroatoms. The van der Waals surface area contributed by atoms with E-state index in [-0.39, 0.29) is 11.2 Å². The summed E-state index contributed by atoms with van der Waals surface area (Å²) >= 11 is 0. The molecule has 226 valence electrons. The van der Waals surface area contributed by atoms with Gasteiger partial charge in [-0.1, -0.05) is 24.3 Å². The maximum atomic E-state index is 13.6. The smallest absolute Gasteiger partial charge is 0.234 e. The van der Waals surface area contributed by atoms with Gasteiger partial charge in [0.25, 0.3) is 0 Å². The van der Waals surface area contributed by atoms with Crippen molar-refractivity contribution in [3.8, 4) is 40.0 Å². The molecule has 11 nitrogen and oxygen atoms in total. The zero-order valence-electron chi connectivity index (χ0n) is 24.8. The van der Waals surface area contributed by atoms with Crippen molar-refractivity contribution in [2.24, 2.45) is 5.41 Å². The summed E-state index contributed by atoms with van der Waals surface area (Å²) in [4.78, 5) is 31.1. The topological polar surface area (TPSA) is 138 Å². The van der Waals surface area contributed by atoms with Gasteiger partial charge in [0.2, 0.25) is 5.82 Å². The number of pyridine rings is 2. The number of nitriles is 1. The first-order valence-corrected chi connectivity index (χ1v) is 15.0. The van der Waals surface area contributed by atoms with Crippen LogP contribution in [-0.4, -0.2) is 65.4 Å². The van der Waals surface area contributed by atoms with Crippen LogP contribution in [0.25, 0.3) is 39.5 Å². The van der Waals surface area contributed by atoms with Crippen molar-refractivity contribution in [3.05, 3.63) is 103 Å². The van der Waals surface area contributed by atoms with Gasteiger partial charge < -0.3 is 10.6 Å². The molecule has 0 amide bonds. The number of nitrogen functional groups attached to an aromatic ring is 1. The fourth-order valence-corrected chi connectivity index (χ4v) is 6.70. The summed E-state index contributed by atoms with van der Waals surface area (Å²) in [6.45, 7) is 4.76. The number of imidazole rings is 1. The van der Waals surface area contributed by atoms with Crippen LogP contribution < -0.4 is 10.6 Å². The minimum absolute atomic E-state index is 0.207. The molecule has 1 aromatic carbocycles. The van der Waals surface area contributed by atoms with E-state index in [0.29, 0.717) is 28.5 Å². The molecule has 2 aliphatic heterocycles. The van der Waals surface area contributed by atoms with Gasteiger partial charge in [0, 0.05) is 67.9 Å². The minimum atomic E-state index is -0.404. The van der Waals surface area contributed by atoms with Crippen molar-refractivity contribution in [2.45, 2.75) is 13.0 Å². The van der Waals surface area contributed by atoms with Crippen LogP contribution in [0.15, 0.2) is 85.6 Å². The van der Waals surface area contributed by atoms with Crippen molar-refractivity contribution in [1.82, 2.24) is 39.2 Å². The Morgan fingerprint density at radius 1 is 0.891 bits per heavy atom. The molecular formula is C34H28FN11. The number of rotatable bonds is 6. The second-order valence-electron chi connectivity index (χ2n) is 12.0. The Balaban J connectivity index is 1.05. The van der Waals surface area contributed by atoms with E-state index >= 15 is 0 Å². The fourth-order valence-electron chi connectivity index (χ4n) is 6.70. The Morgan fingerprint density at radius 3 is 2.52 bits per heavy atom. The van der Waals surface area contributed by atoms with Gasteiger partial charge in [-0.25, -0.2) is 29.3 Å². The predicted octanol–water partition coefficient (Wildman–Crippen LogP) is 4.62. The fraction of sp³-hybridized carbons (Fsp3) is 0.206. The number of hydrogen-bond acceptors (Lipinski definition) is 10. The number of nitrogens with zero attached hydrogens (tertiary/aromatic N) is 10. The van der Waals surface area contributed by atoms with Gasteiger partial charge in [-0.2, -0.15) is 5.26 Å². The monoisotopic (exact) mass is 609 g/mol. The maximum Gasteiger partial charge on any atom is 0.234 e. The second kappa shape index (κ2) is 11.0. The number of benzene rings is 1. The van der Waals surface area contributed by atoms with Crippen LogP contribution in [0.2, 0.25) is 0 Å². The molecule has 5 aromatic heterocycles. The predicted molar refractivity (Wildman–Crippen MR) is 171 cm³/mol. The highest BCUT2D eigenvalue weighted by Crippen LogP contribution is 2.42. The molecule has 8 rings (SSSR count). The van der Waals surface area contributed by atoms with Crippen LogP contribution in [0.1, 0.15) is 17.8 Å². The summed E-state index contributed by atoms with van der Waals surface area (Å²) < 4.78 is 15.5. The molecule has 7 heterocycles. The lowest BCUT2D eigenvalue weighted by Crippen LogP contribution is -2.56. The molecule has 0 unspecified atom stereocenters. The molecule has 0 saturated carbocycles. The molecule has 2 saturated heterocycles. The van der Waals surface area contributed by atoms with E-state index in [9.17, 15) is 4.39 Å². The molecule has 0 bridgehead atoms. The lowest BCUT2D eigenvalue weighted by Gasteiger charge is -2.48. The van der Waals surface area contributed by atoms with Crippen molar-refractivity contribution >= 4 is 17.3 Å². The van der Waals surface area contributed by atoms with Gasteiger partial charge in [-0.3, -0.25) is 14.3 Å². The Labute approximate surface area is 263 Å². The minimum Gasteiger partial charge on any atom is -0.383 e. The molecule has 2 aliphatic rings. The van der Waals surface area contributed by atoms with E-state index in [1.165, 1.54) is 17.8 Å². The number of nitrogens with two attached hydrogens (primary N) is 1. The van der Waals surface area contributed by atoms with E-state index in [2.05, 4.69) is 59.0 Å². The number of hydrogen-bond donors (Lipinski definition) is 1. The molecule has 2 N–H and O–H groups in total. The standard InChI is InChI=1S/C34H28FN11/c35-24-7-8-26(40-15-24)27-18-46-30(16-41-27)43-31(25-2-1-11-39-33(25)37)32(46)23-5-3-22(4-6-23)17-44-19-34(20-44)10-13-45(21-34)29-9-12-38-28(14-36)42-29/h1-9,11-12,15-16,18H,10,13,17,19-21H2,(H2,37,39). The molecule has 46 heavy (non-hydrogen) atoms. The van der Waals surface area contributed by atoms with Crippen LogP contribution in [-0.2, 0) is 6.54 Å². The summed E-state index contributed by atoms with van der Waals surface area (Å²) in [7, 11) is 0. The van der Waals surface area contributed by atoms with Crippen molar-refractivity contribution in [1.29, 1.82) is 5.26 Å². The number of likely N-dealkylation sites (tertiary alicyclic amines) is 1. The molecule has 2 fully saturated rings. The van der Waals surface area contributed by atoms with Crippen molar-refractivity contribution in [3.63, 3.8) is 0 Å². The Kier molecular flexibility index (Phi) is 6.61. The van der Waals surface area contributed by atoms with Gasteiger partial charge in [0.05, 0.1) is 23.8 Å². The number of halogens is 1. The normalized spacial score (nSPS) is 15.7. The average Bonchev–Trinajstić information content (AvgIpc) is 3.68. The molecule has 0 aliphatic carbocycles. The van der Waals surface area contributed by atoms with Crippen LogP contribution in [0, 0.1) is 22.6 Å². The Bertz CT molecular complexity index is 2110. The third-order valence-corrected chi connectivity index (χ3v) is 8.85. The molecule has 1 spiro atoms. The van der Waals surface area contributed by atoms with Gasteiger partial charge in [0.1, 0.15) is 34.9 Å². The zero-order chi connectivity index (χ0) is 31.3. The van der Waals surface area contributed by atoms with E-state index in [4.69, 9.17) is 16.0 Å². The van der Waals surface area contributed by atoms with Crippen molar-refractivity contribution < 1.29 is 4.39 Å². The second-order valence-corrected chi connectivity index (χ2v) is 12.0. The lowest BCUT2D eigenvalue weighted by molar-refractivity contribution is 0.0117. The summed E-state index contributed by atoms with van der Waals surface area (Å²) in [5, 5.41) is 9.17. The van der Waals surface area contributed by atoms with Crippen LogP contribution in [0.4, 0.5) is 16.0 Å². The largest absolute Gasteiger partial charge is 0.383 e. The first-order chi connectivity index (χ1) is 22.5. The number of anilines is 2. The summed E-state index contributed by atoms with van der Waals surface area (Å²) in [5.74, 6) is 1.02. The maximum absolute atomic E-state index is 13.6. The molecular weight excluding hydrogens is 581 g/mol. The van der Waals surface area contributed by atoms with Crippen LogP contribution >= 0.6 is 0 Å². The first kappa shape index (κ1) is 27.7. The Morgan fingerprint density at radius 2 is 1.74 bits per heavy atom. The van der Waals surface area contributed by atoms with Crippen molar-refractivity contribution in [2.75, 3.05) is 36.8 Å². The lowest BCUT2D eigenvalue weighted by atomic mass is 9.79. The summed E-state index contributed by atoms with van der Waals surface area (Å²) in [6, 6.07) is 19.2. The molecule has 0 atom stereocenters. The SMILES string of the molecule is N#Cc1nccc(N2CCC3(CN(Cc4ccc(-c5c(-c6cccnc6N)nc6cnc(-c7ccc(F)cn7)cn56)cc4)C3)C2)n1. The highest BCUT2D eigenvalue weighted by Gasteiger charge is 2.47. The van der Waals surface area contributed by atoms with Gasteiger partial charge in [-0.05, 0) is 42.3 Å². The van der Waals surface area contributed by atoms with Crippen LogP contribution in [0.5, 0.6) is 0 Å². The third kappa shape index (κ3) is 4.96. The quantitative estimate of drug-likeness (QED) is 0.285. The molecule has 6 aromatic rings. The van der Waals surface area contributed by atoms with E-state index < -0.39 is 5.82 Å². The van der Waals surface area contributed by atoms with Gasteiger partial charge in [0.15, 0.2) is 5.65 Å². The van der Waals surface area contributed by atoms with E-state index in [1.807, 2.05) is 34.9 Å². The number of fused-ring (bicyclic) bond motifs is 1. The third-order valence-electron chi connectivity index (χ3n) is 8.85.